The molecule has 10 atom stereocenters. The van der Waals surface area contributed by atoms with Crippen molar-refractivity contribution in [3.05, 3.63) is 34.5 Å². The van der Waals surface area contributed by atoms with Crippen LogP contribution in [0.2, 0.25) is 0 Å². The predicted octanol–water partition coefficient (Wildman–Crippen LogP) is -1.30. The van der Waals surface area contributed by atoms with Gasteiger partial charge in [0.1, 0.15) is 59.1 Å². The van der Waals surface area contributed by atoms with E-state index in [9.17, 15) is 55.9 Å². The first-order valence-electron chi connectivity index (χ1n) is 13.0. The molecule has 3 aromatic rings. The molecule has 2 aliphatic heterocycles. The van der Waals surface area contributed by atoms with Gasteiger partial charge in [-0.2, -0.15) is 0 Å². The summed E-state index contributed by atoms with van der Waals surface area (Å²) in [5.74, 6) is -4.68. The summed E-state index contributed by atoms with van der Waals surface area (Å²) in [6.07, 6.45) is -15.5. The van der Waals surface area contributed by atoms with Crippen molar-refractivity contribution >= 4 is 11.0 Å². The quantitative estimate of drug-likeness (QED) is 0.150. The van der Waals surface area contributed by atoms with Gasteiger partial charge in [0.05, 0.1) is 12.2 Å². The summed E-state index contributed by atoms with van der Waals surface area (Å²) >= 11 is 0. The zero-order valence-electron chi connectivity index (χ0n) is 22.5. The fraction of sp³-hybridized carbons (Fsp3) is 0.444. The highest BCUT2D eigenvalue weighted by molar-refractivity contribution is 5.88. The van der Waals surface area contributed by atoms with Crippen molar-refractivity contribution in [2.75, 3.05) is 0 Å². The summed E-state index contributed by atoms with van der Waals surface area (Å²) in [5.41, 5.74) is -1.64. The van der Waals surface area contributed by atoms with Crippen molar-refractivity contribution in [1.29, 1.82) is 0 Å². The molecular formula is C27H30O16. The Morgan fingerprint density at radius 1 is 0.674 bits per heavy atom. The van der Waals surface area contributed by atoms with E-state index in [1.165, 1.54) is 13.8 Å². The zero-order valence-corrected chi connectivity index (χ0v) is 22.5. The molecule has 0 spiro atoms. The smallest absolute Gasteiger partial charge is 0.239 e. The second-order valence-corrected chi connectivity index (χ2v) is 10.4. The molecule has 3 heterocycles. The molecular weight excluding hydrogens is 580 g/mol. The van der Waals surface area contributed by atoms with E-state index in [1.54, 1.807) is 0 Å². The number of aliphatic hydroxyl groups excluding tert-OH is 6. The molecule has 16 heteroatoms. The van der Waals surface area contributed by atoms with E-state index in [0.717, 1.165) is 24.3 Å². The first kappa shape index (κ1) is 30.6. The van der Waals surface area contributed by atoms with Gasteiger partial charge in [0.15, 0.2) is 17.3 Å². The van der Waals surface area contributed by atoms with Gasteiger partial charge in [-0.15, -0.1) is 0 Å². The van der Waals surface area contributed by atoms with Crippen molar-refractivity contribution in [3.63, 3.8) is 0 Å². The lowest BCUT2D eigenvalue weighted by Gasteiger charge is -2.39. The van der Waals surface area contributed by atoms with Crippen LogP contribution < -0.4 is 14.9 Å². The third-order valence-corrected chi connectivity index (χ3v) is 7.33. The number of aliphatic hydroxyl groups is 6. The second-order valence-electron chi connectivity index (χ2n) is 10.4. The van der Waals surface area contributed by atoms with Gasteiger partial charge < -0.3 is 74.4 Å². The minimum atomic E-state index is -1.87. The van der Waals surface area contributed by atoms with Crippen LogP contribution in [0.25, 0.3) is 22.3 Å². The van der Waals surface area contributed by atoms with Gasteiger partial charge in [0.25, 0.3) is 0 Å². The van der Waals surface area contributed by atoms with Crippen LogP contribution in [0.1, 0.15) is 13.8 Å². The number of aromatic hydroxyl groups is 4. The Morgan fingerprint density at radius 2 is 1.23 bits per heavy atom. The Kier molecular flexibility index (Phi) is 8.05. The highest BCUT2D eigenvalue weighted by Gasteiger charge is 2.45. The van der Waals surface area contributed by atoms with Crippen molar-refractivity contribution < 1.29 is 74.4 Å². The fourth-order valence-corrected chi connectivity index (χ4v) is 4.84. The molecule has 0 amide bonds. The molecule has 234 valence electrons. The zero-order chi connectivity index (χ0) is 31.5. The number of rotatable bonds is 5. The molecule has 10 N–H and O–H groups in total. The van der Waals surface area contributed by atoms with Crippen molar-refractivity contribution in [2.24, 2.45) is 0 Å². The number of phenolic OH excluding ortho intramolecular Hbond substituents is 4. The Hall–Kier alpha value is -3.87. The van der Waals surface area contributed by atoms with E-state index in [2.05, 4.69) is 0 Å². The number of hydrogen-bond donors (Lipinski definition) is 10. The number of ether oxygens (including phenoxy) is 4. The summed E-state index contributed by atoms with van der Waals surface area (Å²) in [6.45, 7) is 2.76. The van der Waals surface area contributed by atoms with Gasteiger partial charge in [-0.1, -0.05) is 0 Å². The van der Waals surface area contributed by atoms with E-state index in [0.29, 0.717) is 0 Å². The van der Waals surface area contributed by atoms with Crippen LogP contribution in [0.4, 0.5) is 0 Å². The topological polar surface area (TPSA) is 269 Å². The lowest BCUT2D eigenvalue weighted by Crippen LogP contribution is -2.58. The largest absolute Gasteiger partial charge is 0.508 e. The first-order valence-corrected chi connectivity index (χ1v) is 13.0. The van der Waals surface area contributed by atoms with Crippen molar-refractivity contribution in [1.82, 2.24) is 0 Å². The lowest BCUT2D eigenvalue weighted by atomic mass is 10.00. The van der Waals surface area contributed by atoms with Gasteiger partial charge in [0, 0.05) is 17.7 Å². The molecule has 16 nitrogen and oxygen atoms in total. The van der Waals surface area contributed by atoms with E-state index < -0.39 is 112 Å². The van der Waals surface area contributed by atoms with Gasteiger partial charge in [-0.3, -0.25) is 4.79 Å². The summed E-state index contributed by atoms with van der Waals surface area (Å²) in [6, 6.07) is 3.79. The molecule has 0 radical (unpaired) electrons. The minimum Gasteiger partial charge on any atom is -0.508 e. The van der Waals surface area contributed by atoms with E-state index in [1.807, 2.05) is 0 Å². The molecule has 43 heavy (non-hydrogen) atoms. The van der Waals surface area contributed by atoms with Gasteiger partial charge in [0.2, 0.25) is 29.5 Å². The fourth-order valence-electron chi connectivity index (χ4n) is 4.84. The Bertz CT molecular complexity index is 1570. The van der Waals surface area contributed by atoms with E-state index >= 15 is 0 Å². The molecule has 0 bridgehead atoms. The van der Waals surface area contributed by atoms with Crippen LogP contribution in [0.5, 0.6) is 34.5 Å². The molecule has 0 saturated carbocycles. The Balaban J connectivity index is 1.64. The van der Waals surface area contributed by atoms with E-state index in [-0.39, 0.29) is 11.1 Å². The first-order chi connectivity index (χ1) is 20.2. The van der Waals surface area contributed by atoms with Crippen LogP contribution >= 0.6 is 0 Å². The normalized spacial score (nSPS) is 32.9. The summed E-state index contributed by atoms with van der Waals surface area (Å²) in [5, 5.41) is 102. The van der Waals surface area contributed by atoms with Crippen LogP contribution in [0, 0.1) is 0 Å². The molecule has 2 aromatic carbocycles. The van der Waals surface area contributed by atoms with Crippen molar-refractivity contribution in [3.8, 4) is 45.8 Å². The number of fused-ring (bicyclic) bond motifs is 1. The highest BCUT2D eigenvalue weighted by Crippen LogP contribution is 2.44. The summed E-state index contributed by atoms with van der Waals surface area (Å²) < 4.78 is 27.8. The standard InChI is InChI=1S/C27H30O16/c1-7-16(31)20(35)22(37)26(39-7)42-14-4-9(3-12(30)18(14)33)24-25(43-27-23(38)21(36)17(32)8(2)40-27)19(34)15-11(29)5-10(28)6-13(15)41-24/h3-8,16-17,20-23,26-33,35-38H,1-2H3. The summed E-state index contributed by atoms with van der Waals surface area (Å²) in [4.78, 5) is 13.6. The van der Waals surface area contributed by atoms with Gasteiger partial charge in [-0.05, 0) is 26.0 Å². The number of benzene rings is 2. The molecule has 1 aromatic heterocycles. The van der Waals surface area contributed by atoms with Crippen LogP contribution in [0.3, 0.4) is 0 Å². The SMILES string of the molecule is CC1OC(Oc2cc(-c3oc4cc(O)cc(O)c4c(=O)c3OC3OC(C)C(O)C(O)C3O)cc(O)c2O)C(O)C(O)C1O. The second kappa shape index (κ2) is 11.3. The lowest BCUT2D eigenvalue weighted by molar-refractivity contribution is -0.268. The number of hydrogen-bond acceptors (Lipinski definition) is 16. The highest BCUT2D eigenvalue weighted by atomic mass is 16.7. The Labute approximate surface area is 241 Å². The minimum absolute atomic E-state index is 0.236. The monoisotopic (exact) mass is 610 g/mol. The maximum atomic E-state index is 13.6. The molecule has 2 aliphatic rings. The Morgan fingerprint density at radius 3 is 1.81 bits per heavy atom. The maximum Gasteiger partial charge on any atom is 0.239 e. The third-order valence-electron chi connectivity index (χ3n) is 7.33. The predicted molar refractivity (Wildman–Crippen MR) is 141 cm³/mol. The molecule has 10 unspecified atom stereocenters. The summed E-state index contributed by atoms with van der Waals surface area (Å²) in [7, 11) is 0. The van der Waals surface area contributed by atoms with Crippen LogP contribution in [0.15, 0.2) is 33.5 Å². The van der Waals surface area contributed by atoms with Crippen LogP contribution in [-0.2, 0) is 9.47 Å². The maximum absolute atomic E-state index is 13.6. The van der Waals surface area contributed by atoms with Crippen LogP contribution in [-0.4, -0.2) is 112 Å². The average molecular weight is 611 g/mol. The van der Waals surface area contributed by atoms with Gasteiger partial charge >= 0.3 is 0 Å². The molecule has 2 saturated heterocycles. The third kappa shape index (κ3) is 5.39. The average Bonchev–Trinajstić information content (AvgIpc) is 2.95. The molecule has 2 fully saturated rings. The molecule has 0 aliphatic carbocycles. The molecule has 5 rings (SSSR count). The van der Waals surface area contributed by atoms with E-state index in [4.69, 9.17) is 23.4 Å². The number of phenols is 4. The van der Waals surface area contributed by atoms with Crippen molar-refractivity contribution in [2.45, 2.75) is 75.3 Å². The van der Waals surface area contributed by atoms with Gasteiger partial charge in [-0.25, -0.2) is 0 Å².